The maximum atomic E-state index is 11.3. The Hall–Kier alpha value is -1.36. The van der Waals surface area contributed by atoms with E-state index in [-0.39, 0.29) is 0 Å². The highest BCUT2D eigenvalue weighted by atomic mass is 32.2. The molecular weight excluding hydrogens is 188 g/mol. The van der Waals surface area contributed by atoms with Crippen molar-refractivity contribution in [2.45, 2.75) is 11.8 Å². The molecule has 1 aromatic rings. The van der Waals surface area contributed by atoms with Crippen LogP contribution in [0.5, 0.6) is 0 Å². The molecule has 70 valence electrons. The summed E-state index contributed by atoms with van der Waals surface area (Å²) in [5.74, 6) is 0. The number of amides is 2. The first-order valence-corrected chi connectivity index (χ1v) is 4.79. The third kappa shape index (κ3) is 2.87. The number of hydrogen-bond donors (Lipinski definition) is 2. The van der Waals surface area contributed by atoms with Crippen LogP contribution in [0.25, 0.3) is 0 Å². The van der Waals surface area contributed by atoms with Gasteiger partial charge in [0.05, 0.1) is 4.90 Å². The minimum atomic E-state index is -1.55. The monoisotopic (exact) mass is 198 g/mol. The number of benzene rings is 1. The molecule has 0 bridgehead atoms. The smallest absolute Gasteiger partial charge is 0.324 e. The van der Waals surface area contributed by atoms with E-state index in [1.165, 1.54) is 0 Å². The normalized spacial score (nSPS) is 12.1. The fraction of sp³-hybridized carbons (Fsp3) is 0.125. The van der Waals surface area contributed by atoms with E-state index in [4.69, 9.17) is 5.73 Å². The van der Waals surface area contributed by atoms with Crippen LogP contribution >= 0.6 is 0 Å². The number of nitrogens with one attached hydrogen (secondary N) is 1. The van der Waals surface area contributed by atoms with Crippen molar-refractivity contribution in [1.82, 2.24) is 4.72 Å². The summed E-state index contributed by atoms with van der Waals surface area (Å²) in [6.45, 7) is 1.92. The lowest BCUT2D eigenvalue weighted by molar-refractivity contribution is 0.254. The Morgan fingerprint density at radius 1 is 1.38 bits per heavy atom. The van der Waals surface area contributed by atoms with Crippen molar-refractivity contribution in [3.8, 4) is 0 Å². The fourth-order valence-corrected chi connectivity index (χ4v) is 1.50. The Bertz CT molecular complexity index is 335. The van der Waals surface area contributed by atoms with Crippen LogP contribution in [0.1, 0.15) is 5.56 Å². The molecule has 1 aromatic carbocycles. The zero-order chi connectivity index (χ0) is 9.84. The van der Waals surface area contributed by atoms with E-state index in [2.05, 4.69) is 4.72 Å². The van der Waals surface area contributed by atoms with Crippen molar-refractivity contribution < 1.29 is 9.00 Å². The minimum absolute atomic E-state index is 0.532. The number of carbonyl (C=O) groups excluding carboxylic acids is 1. The van der Waals surface area contributed by atoms with Crippen molar-refractivity contribution in [1.29, 1.82) is 0 Å². The zero-order valence-electron chi connectivity index (χ0n) is 7.11. The standard InChI is InChI=1S/C8H10N2O2S/c1-6-2-4-7(5-3-6)13(12)10-8(9)11/h2-5H,1H3,(H3,9,10,11). The number of nitrogens with two attached hydrogens (primary N) is 1. The van der Waals surface area contributed by atoms with E-state index in [1.807, 2.05) is 19.1 Å². The molecule has 0 aliphatic rings. The SMILES string of the molecule is Cc1ccc(S(=O)NC(N)=O)cc1. The number of hydrogen-bond acceptors (Lipinski definition) is 2. The minimum Gasteiger partial charge on any atom is -0.351 e. The molecular formula is C8H10N2O2S. The van der Waals surface area contributed by atoms with Crippen LogP contribution in [0.4, 0.5) is 4.79 Å². The summed E-state index contributed by atoms with van der Waals surface area (Å²) in [5.41, 5.74) is 5.89. The van der Waals surface area contributed by atoms with Gasteiger partial charge in [-0.2, -0.15) is 0 Å². The van der Waals surface area contributed by atoms with Gasteiger partial charge in [-0.3, -0.25) is 4.72 Å². The van der Waals surface area contributed by atoms with Crippen molar-refractivity contribution >= 4 is 17.0 Å². The summed E-state index contributed by atoms with van der Waals surface area (Å²) in [5, 5.41) is 0. The van der Waals surface area contributed by atoms with Crippen LogP contribution in [0.2, 0.25) is 0 Å². The highest BCUT2D eigenvalue weighted by molar-refractivity contribution is 7.83. The van der Waals surface area contributed by atoms with Crippen LogP contribution in [0.3, 0.4) is 0 Å². The first-order valence-electron chi connectivity index (χ1n) is 3.64. The molecule has 1 atom stereocenters. The van der Waals surface area contributed by atoms with Crippen molar-refractivity contribution in [3.05, 3.63) is 29.8 Å². The molecule has 0 saturated heterocycles. The highest BCUT2D eigenvalue weighted by Crippen LogP contribution is 2.05. The molecule has 0 aliphatic carbocycles. The molecule has 0 radical (unpaired) electrons. The largest absolute Gasteiger partial charge is 0.351 e. The Labute approximate surface area is 78.7 Å². The van der Waals surface area contributed by atoms with Crippen LogP contribution in [-0.2, 0) is 11.0 Å². The van der Waals surface area contributed by atoms with Gasteiger partial charge in [0.25, 0.3) is 0 Å². The van der Waals surface area contributed by atoms with E-state index in [0.29, 0.717) is 4.90 Å². The van der Waals surface area contributed by atoms with Gasteiger partial charge < -0.3 is 5.73 Å². The Balaban J connectivity index is 2.78. The Morgan fingerprint density at radius 2 is 1.92 bits per heavy atom. The molecule has 4 nitrogen and oxygen atoms in total. The summed E-state index contributed by atoms with van der Waals surface area (Å²) < 4.78 is 13.4. The van der Waals surface area contributed by atoms with E-state index in [9.17, 15) is 9.00 Å². The molecule has 1 rings (SSSR count). The molecule has 2 amide bonds. The first-order chi connectivity index (χ1) is 6.09. The molecule has 0 fully saturated rings. The van der Waals surface area contributed by atoms with Crippen LogP contribution < -0.4 is 10.5 Å². The van der Waals surface area contributed by atoms with Crippen molar-refractivity contribution in [3.63, 3.8) is 0 Å². The molecule has 1 unspecified atom stereocenters. The number of carbonyl (C=O) groups is 1. The summed E-state index contributed by atoms with van der Waals surface area (Å²) in [4.78, 5) is 10.9. The lowest BCUT2D eigenvalue weighted by Crippen LogP contribution is -2.30. The Kier molecular flexibility index (Phi) is 3.02. The van der Waals surface area contributed by atoms with Gasteiger partial charge in [0, 0.05) is 0 Å². The van der Waals surface area contributed by atoms with Gasteiger partial charge in [-0.15, -0.1) is 0 Å². The highest BCUT2D eigenvalue weighted by Gasteiger charge is 2.03. The van der Waals surface area contributed by atoms with Gasteiger partial charge in [-0.1, -0.05) is 17.7 Å². The maximum Gasteiger partial charge on any atom is 0.324 e. The fourth-order valence-electron chi connectivity index (χ4n) is 0.812. The van der Waals surface area contributed by atoms with Gasteiger partial charge in [-0.25, -0.2) is 9.00 Å². The van der Waals surface area contributed by atoms with E-state index >= 15 is 0 Å². The number of rotatable bonds is 2. The second kappa shape index (κ2) is 4.04. The average molecular weight is 198 g/mol. The molecule has 0 aromatic heterocycles. The van der Waals surface area contributed by atoms with Crippen LogP contribution in [-0.4, -0.2) is 10.2 Å². The number of aryl methyl sites for hydroxylation is 1. The molecule has 0 heterocycles. The summed E-state index contributed by atoms with van der Waals surface area (Å²) in [7, 11) is -1.55. The number of urea groups is 1. The van der Waals surface area contributed by atoms with Gasteiger partial charge in [-0.05, 0) is 19.1 Å². The average Bonchev–Trinajstić information content (AvgIpc) is 2.04. The topological polar surface area (TPSA) is 72.2 Å². The predicted molar refractivity (Wildman–Crippen MR) is 50.3 cm³/mol. The summed E-state index contributed by atoms with van der Waals surface area (Å²) >= 11 is 0. The summed E-state index contributed by atoms with van der Waals surface area (Å²) in [6, 6.07) is 6.20. The van der Waals surface area contributed by atoms with E-state index in [0.717, 1.165) is 5.56 Å². The van der Waals surface area contributed by atoms with Crippen molar-refractivity contribution in [2.24, 2.45) is 5.73 Å². The van der Waals surface area contributed by atoms with Gasteiger partial charge in [0.2, 0.25) is 0 Å². The maximum absolute atomic E-state index is 11.3. The van der Waals surface area contributed by atoms with Gasteiger partial charge in [0.1, 0.15) is 0 Å². The first kappa shape index (κ1) is 9.73. The summed E-state index contributed by atoms with van der Waals surface area (Å²) in [6.07, 6.45) is 0. The molecule has 13 heavy (non-hydrogen) atoms. The third-order valence-corrected chi connectivity index (χ3v) is 2.52. The molecule has 0 saturated carbocycles. The van der Waals surface area contributed by atoms with Crippen molar-refractivity contribution in [2.75, 3.05) is 0 Å². The van der Waals surface area contributed by atoms with Gasteiger partial charge >= 0.3 is 6.03 Å². The lowest BCUT2D eigenvalue weighted by Gasteiger charge is -2.01. The zero-order valence-corrected chi connectivity index (χ0v) is 7.93. The van der Waals surface area contributed by atoms with Crippen LogP contribution in [0.15, 0.2) is 29.2 Å². The quantitative estimate of drug-likeness (QED) is 0.733. The lowest BCUT2D eigenvalue weighted by atomic mass is 10.2. The van der Waals surface area contributed by atoms with E-state index < -0.39 is 17.0 Å². The van der Waals surface area contributed by atoms with E-state index in [1.54, 1.807) is 12.1 Å². The molecule has 0 spiro atoms. The second-order valence-electron chi connectivity index (χ2n) is 2.55. The molecule has 0 aliphatic heterocycles. The number of primary amides is 1. The Morgan fingerprint density at radius 3 is 2.38 bits per heavy atom. The second-order valence-corrected chi connectivity index (χ2v) is 3.76. The van der Waals surface area contributed by atoms with Crippen LogP contribution in [0, 0.1) is 6.92 Å². The predicted octanol–water partition coefficient (Wildman–Crippen LogP) is 0.686. The molecule has 5 heteroatoms. The van der Waals surface area contributed by atoms with Gasteiger partial charge in [0.15, 0.2) is 11.0 Å². The third-order valence-electron chi connectivity index (χ3n) is 1.43. The molecule has 3 N–H and O–H groups in total.